The fraction of sp³-hybridized carbons (Fsp3) is 0.833. The monoisotopic (exact) mass is 348 g/mol. The molecule has 0 rings (SSSR count). The fourth-order valence-corrected chi connectivity index (χ4v) is 1.76. The lowest BCUT2D eigenvalue weighted by Gasteiger charge is -2.26. The molecule has 10 nitrogen and oxygen atoms in total. The van der Waals surface area contributed by atoms with E-state index < -0.39 is 37.6 Å². The Labute approximate surface area is 141 Å². The summed E-state index contributed by atoms with van der Waals surface area (Å²) in [5, 5.41) is 35.1. The third-order valence-electron chi connectivity index (χ3n) is 3.03. The average Bonchev–Trinajstić information content (AvgIpc) is 2.40. The Bertz CT molecular complexity index is 380. The lowest BCUT2D eigenvalue weighted by molar-refractivity contribution is -0.165. The molecule has 0 aromatic carbocycles. The summed E-state index contributed by atoms with van der Waals surface area (Å²) >= 11 is 0. The van der Waals surface area contributed by atoms with Crippen LogP contribution in [0.3, 0.4) is 0 Å². The van der Waals surface area contributed by atoms with Gasteiger partial charge in [0, 0.05) is 0 Å². The quantitative estimate of drug-likeness (QED) is 0.138. The molecule has 8 N–H and O–H groups in total. The van der Waals surface area contributed by atoms with Crippen molar-refractivity contribution in [2.45, 2.75) is 63.6 Å². The fourth-order valence-electron chi connectivity index (χ4n) is 1.76. The van der Waals surface area contributed by atoms with Crippen molar-refractivity contribution in [2.75, 3.05) is 0 Å². The zero-order valence-electron chi connectivity index (χ0n) is 14.0. The highest BCUT2D eigenvalue weighted by Crippen LogP contribution is 2.16. The van der Waals surface area contributed by atoms with Crippen LogP contribution in [0.5, 0.6) is 0 Å². The van der Waals surface area contributed by atoms with Crippen molar-refractivity contribution in [1.29, 1.82) is 0 Å². The Hall–Kier alpha value is -1.17. The number of carbonyl (C=O) groups is 2. The minimum atomic E-state index is -1.55. The van der Waals surface area contributed by atoms with Crippen molar-refractivity contribution in [3.8, 4) is 0 Å². The molecule has 138 valence electrons. The molecule has 2 unspecified atom stereocenters. The van der Waals surface area contributed by atoms with Crippen molar-refractivity contribution in [1.82, 2.24) is 0 Å². The van der Waals surface area contributed by atoms with Gasteiger partial charge >= 0.3 is 26.2 Å². The minimum Gasteiger partial charge on any atom is -0.444 e. The molecule has 12 heteroatoms. The van der Waals surface area contributed by atoms with Crippen LogP contribution < -0.4 is 11.5 Å². The van der Waals surface area contributed by atoms with E-state index in [4.69, 9.17) is 41.0 Å². The number of hydrogen-bond donors (Lipinski definition) is 6. The molecular formula is C12H26B2N2O8. The van der Waals surface area contributed by atoms with E-state index in [9.17, 15) is 9.59 Å². The van der Waals surface area contributed by atoms with Crippen LogP contribution in [0.2, 0.25) is 12.6 Å². The predicted octanol–water partition coefficient (Wildman–Crippen LogP) is -2.07. The van der Waals surface area contributed by atoms with Crippen LogP contribution in [-0.4, -0.2) is 57.7 Å². The Kier molecular flexibility index (Phi) is 9.48. The van der Waals surface area contributed by atoms with Crippen molar-refractivity contribution in [3.05, 3.63) is 0 Å². The highest BCUT2D eigenvalue weighted by Gasteiger charge is 2.28. The van der Waals surface area contributed by atoms with Crippen molar-refractivity contribution >= 4 is 26.2 Å². The van der Waals surface area contributed by atoms with E-state index in [1.807, 2.05) is 0 Å². The summed E-state index contributed by atoms with van der Waals surface area (Å²) in [5.41, 5.74) is 8.62. The van der Waals surface area contributed by atoms with E-state index in [1.54, 1.807) is 0 Å². The molecule has 0 aliphatic carbocycles. The molecule has 0 amide bonds. The average molecular weight is 348 g/mol. The maximum Gasteiger partial charge on any atom is 0.451 e. The van der Waals surface area contributed by atoms with Crippen LogP contribution in [0.1, 0.15) is 39.5 Å². The largest absolute Gasteiger partial charge is 0.451 e. The third-order valence-corrected chi connectivity index (χ3v) is 3.03. The second-order valence-corrected chi connectivity index (χ2v) is 6.11. The van der Waals surface area contributed by atoms with Crippen LogP contribution in [0.15, 0.2) is 0 Å². The number of hydrogen-bond acceptors (Lipinski definition) is 10. The van der Waals surface area contributed by atoms with Gasteiger partial charge in [-0.05, 0) is 39.3 Å². The molecule has 0 fully saturated rings. The Morgan fingerprint density at radius 3 is 1.38 bits per heavy atom. The predicted molar refractivity (Wildman–Crippen MR) is 85.8 cm³/mol. The SMILES string of the molecule is CC(N)(CCB(O)O)OC(=O)CCC(=O)OC(C)(N)CCB(O)O. The van der Waals surface area contributed by atoms with E-state index >= 15 is 0 Å². The Morgan fingerprint density at radius 1 is 0.833 bits per heavy atom. The van der Waals surface area contributed by atoms with Crippen LogP contribution in [0.4, 0.5) is 0 Å². The second kappa shape index (κ2) is 9.97. The minimum absolute atomic E-state index is 0.0329. The third kappa shape index (κ3) is 12.3. The number of rotatable bonds is 11. The smallest absolute Gasteiger partial charge is 0.444 e. The molecule has 24 heavy (non-hydrogen) atoms. The zero-order valence-corrected chi connectivity index (χ0v) is 14.0. The molecule has 0 heterocycles. The topological polar surface area (TPSA) is 186 Å². The van der Waals surface area contributed by atoms with Gasteiger partial charge in [0.1, 0.15) is 0 Å². The summed E-state index contributed by atoms with van der Waals surface area (Å²) in [7, 11) is -3.11. The van der Waals surface area contributed by atoms with Gasteiger partial charge in [-0.3, -0.25) is 21.1 Å². The van der Waals surface area contributed by atoms with Gasteiger partial charge in [0.2, 0.25) is 0 Å². The molecule has 2 atom stereocenters. The summed E-state index contributed by atoms with van der Waals surface area (Å²) in [6.07, 6.45) is -0.635. The lowest BCUT2D eigenvalue weighted by Crippen LogP contribution is -2.43. The first-order chi connectivity index (χ1) is 10.8. The lowest BCUT2D eigenvalue weighted by atomic mass is 9.82. The standard InChI is InChI=1S/C12H26B2N2O8/c1-11(15,5-7-13(19)20)23-9(17)3-4-10(18)24-12(2,16)6-8-14(21)22/h19-22H,3-8,15-16H2,1-2H3. The van der Waals surface area contributed by atoms with E-state index in [1.165, 1.54) is 13.8 Å². The van der Waals surface area contributed by atoms with Crippen LogP contribution in [0.25, 0.3) is 0 Å². The number of carbonyl (C=O) groups excluding carboxylic acids is 2. The molecule has 0 aliphatic heterocycles. The first-order valence-corrected chi connectivity index (χ1v) is 7.57. The molecule has 0 spiro atoms. The van der Waals surface area contributed by atoms with Gasteiger partial charge in [0.25, 0.3) is 0 Å². The molecule has 0 aliphatic rings. The van der Waals surface area contributed by atoms with Crippen LogP contribution in [0, 0.1) is 0 Å². The number of nitrogens with two attached hydrogens (primary N) is 2. The van der Waals surface area contributed by atoms with E-state index in [-0.39, 0.29) is 38.3 Å². The van der Waals surface area contributed by atoms with Gasteiger partial charge in [-0.15, -0.1) is 0 Å². The van der Waals surface area contributed by atoms with Gasteiger partial charge < -0.3 is 29.6 Å². The van der Waals surface area contributed by atoms with E-state index in [0.29, 0.717) is 0 Å². The van der Waals surface area contributed by atoms with Gasteiger partial charge in [0.15, 0.2) is 11.4 Å². The molecule has 0 saturated heterocycles. The van der Waals surface area contributed by atoms with Crippen molar-refractivity contribution in [3.63, 3.8) is 0 Å². The van der Waals surface area contributed by atoms with Gasteiger partial charge in [-0.2, -0.15) is 0 Å². The highest BCUT2D eigenvalue weighted by molar-refractivity contribution is 6.41. The van der Waals surface area contributed by atoms with Crippen LogP contribution >= 0.6 is 0 Å². The Morgan fingerprint density at radius 2 is 1.12 bits per heavy atom. The molecule has 0 saturated carbocycles. The normalized spacial score (nSPS) is 15.8. The van der Waals surface area contributed by atoms with Gasteiger partial charge in [-0.25, -0.2) is 0 Å². The molecule has 0 aromatic heterocycles. The van der Waals surface area contributed by atoms with Crippen LogP contribution in [-0.2, 0) is 19.1 Å². The maximum absolute atomic E-state index is 11.7. The van der Waals surface area contributed by atoms with Gasteiger partial charge in [-0.1, -0.05) is 0 Å². The van der Waals surface area contributed by atoms with Gasteiger partial charge in [0.05, 0.1) is 12.8 Å². The Balaban J connectivity index is 4.19. The summed E-state index contributed by atoms with van der Waals surface area (Å²) < 4.78 is 9.92. The maximum atomic E-state index is 11.7. The summed E-state index contributed by atoms with van der Waals surface area (Å²) in [4.78, 5) is 23.3. The zero-order chi connectivity index (χ0) is 19.0. The number of esters is 2. The molecule has 0 bridgehead atoms. The summed E-state index contributed by atoms with van der Waals surface area (Å²) in [6, 6.07) is 0. The summed E-state index contributed by atoms with van der Waals surface area (Å²) in [6.45, 7) is 2.81. The number of ether oxygens (including phenoxy) is 2. The van der Waals surface area contributed by atoms with E-state index in [0.717, 1.165) is 0 Å². The highest BCUT2D eigenvalue weighted by atomic mass is 16.6. The molecular weight excluding hydrogens is 322 g/mol. The first-order valence-electron chi connectivity index (χ1n) is 7.57. The van der Waals surface area contributed by atoms with E-state index in [2.05, 4.69) is 0 Å². The summed E-state index contributed by atoms with van der Waals surface area (Å²) in [5.74, 6) is -1.48. The van der Waals surface area contributed by atoms with Crippen molar-refractivity contribution < 1.29 is 39.2 Å². The second-order valence-electron chi connectivity index (χ2n) is 6.11. The first kappa shape index (κ1) is 22.8. The molecule has 0 radical (unpaired) electrons. The molecule has 0 aromatic rings. The van der Waals surface area contributed by atoms with Crippen molar-refractivity contribution in [2.24, 2.45) is 11.5 Å².